The monoisotopic (exact) mass is 465 g/mol. The minimum Gasteiger partial charge on any atom is -0.343 e. The van der Waals surface area contributed by atoms with Crippen LogP contribution in [0.5, 0.6) is 0 Å². The lowest BCUT2D eigenvalue weighted by Gasteiger charge is -2.28. The molecule has 3 amide bonds. The normalized spacial score (nSPS) is 21.2. The minimum atomic E-state index is -1.27. The maximum atomic E-state index is 14.4. The summed E-state index contributed by atoms with van der Waals surface area (Å²) in [5.74, 6) is -0.448. The van der Waals surface area contributed by atoms with Crippen LogP contribution in [0.15, 0.2) is 54.6 Å². The average Bonchev–Trinajstić information content (AvgIpc) is 3.43. The average molecular weight is 466 g/mol. The van der Waals surface area contributed by atoms with E-state index in [2.05, 4.69) is 31.3 Å². The van der Waals surface area contributed by atoms with Gasteiger partial charge in [-0.25, -0.2) is 4.39 Å². The Balaban J connectivity index is 1.53. The summed E-state index contributed by atoms with van der Waals surface area (Å²) in [6, 6.07) is 16.4. The molecule has 2 aliphatic rings. The number of hydrogen-bond donors (Lipinski definition) is 1. The van der Waals surface area contributed by atoms with Crippen molar-refractivity contribution in [3.63, 3.8) is 0 Å². The summed E-state index contributed by atoms with van der Waals surface area (Å²) in [7, 11) is 0. The molecule has 0 saturated carbocycles. The van der Waals surface area contributed by atoms with Gasteiger partial charge in [0.25, 0.3) is 0 Å². The number of carbonyl (C=O) groups is 3. The molecule has 2 aromatic carbocycles. The van der Waals surface area contributed by atoms with Gasteiger partial charge >= 0.3 is 0 Å². The Labute approximate surface area is 200 Å². The van der Waals surface area contributed by atoms with Crippen molar-refractivity contribution in [2.75, 3.05) is 19.6 Å². The van der Waals surface area contributed by atoms with E-state index < -0.39 is 18.3 Å². The van der Waals surface area contributed by atoms with Crippen molar-refractivity contribution in [1.29, 1.82) is 0 Å². The lowest BCUT2D eigenvalue weighted by molar-refractivity contribution is -0.142. The fraction of sp³-hybridized carbons (Fsp3) is 0.444. The van der Waals surface area contributed by atoms with Gasteiger partial charge < -0.3 is 15.1 Å². The standard InChI is InChI=1S/C27H32FN3O3/c1-18(2)19-10-12-21(13-11-19)26(20-7-4-3-5-8-20)29-27(34)23-15-22(28)16-31(23)25(33)17-30-14-6-9-24(30)32/h3-5,7-8,10-13,18,22-23,26H,6,9,14-17H2,1-2H3,(H,29,34)/t22-,23+,26+/m1/s1. The molecule has 180 valence electrons. The van der Waals surface area contributed by atoms with Crippen molar-refractivity contribution < 1.29 is 18.8 Å². The zero-order valence-corrected chi connectivity index (χ0v) is 19.7. The van der Waals surface area contributed by atoms with Gasteiger partial charge in [0.1, 0.15) is 12.2 Å². The zero-order valence-electron chi connectivity index (χ0n) is 19.7. The number of amides is 3. The van der Waals surface area contributed by atoms with Crippen LogP contribution < -0.4 is 5.32 Å². The van der Waals surface area contributed by atoms with Gasteiger partial charge in [-0.2, -0.15) is 0 Å². The Morgan fingerprint density at radius 3 is 2.29 bits per heavy atom. The van der Waals surface area contributed by atoms with E-state index in [0.29, 0.717) is 18.9 Å². The molecule has 2 fully saturated rings. The van der Waals surface area contributed by atoms with Gasteiger partial charge in [-0.3, -0.25) is 14.4 Å². The van der Waals surface area contributed by atoms with Gasteiger partial charge in [0.05, 0.1) is 19.1 Å². The lowest BCUT2D eigenvalue weighted by atomic mass is 9.95. The molecular weight excluding hydrogens is 433 g/mol. The van der Waals surface area contributed by atoms with E-state index in [1.165, 1.54) is 15.4 Å². The third-order valence-electron chi connectivity index (χ3n) is 6.73. The number of rotatable bonds is 7. The van der Waals surface area contributed by atoms with Crippen LogP contribution in [-0.2, 0) is 14.4 Å². The molecule has 4 rings (SSSR count). The maximum Gasteiger partial charge on any atom is 0.243 e. The van der Waals surface area contributed by atoms with E-state index in [9.17, 15) is 18.8 Å². The molecule has 0 spiro atoms. The third-order valence-corrected chi connectivity index (χ3v) is 6.73. The zero-order chi connectivity index (χ0) is 24.2. The topological polar surface area (TPSA) is 69.7 Å². The Morgan fingerprint density at radius 2 is 1.68 bits per heavy atom. The summed E-state index contributed by atoms with van der Waals surface area (Å²) in [6.07, 6.45) is -0.165. The minimum absolute atomic E-state index is 0.0423. The Bertz CT molecular complexity index is 1030. The van der Waals surface area contributed by atoms with Crippen molar-refractivity contribution in [2.45, 2.75) is 57.3 Å². The lowest BCUT2D eigenvalue weighted by Crippen LogP contribution is -2.49. The Kier molecular flexibility index (Phi) is 7.29. The maximum absolute atomic E-state index is 14.4. The van der Waals surface area contributed by atoms with Crippen LogP contribution in [0.4, 0.5) is 4.39 Å². The third kappa shape index (κ3) is 5.29. The van der Waals surface area contributed by atoms with Gasteiger partial charge in [-0.1, -0.05) is 68.4 Å². The molecule has 2 heterocycles. The second-order valence-corrected chi connectivity index (χ2v) is 9.49. The highest BCUT2D eigenvalue weighted by atomic mass is 19.1. The molecular formula is C27H32FN3O3. The molecule has 3 atom stereocenters. The number of hydrogen-bond acceptors (Lipinski definition) is 3. The van der Waals surface area contributed by atoms with Crippen LogP contribution >= 0.6 is 0 Å². The number of carbonyl (C=O) groups excluding carboxylic acids is 3. The van der Waals surface area contributed by atoms with E-state index in [-0.39, 0.29) is 37.2 Å². The highest BCUT2D eigenvalue weighted by Gasteiger charge is 2.41. The molecule has 0 radical (unpaired) electrons. The van der Waals surface area contributed by atoms with Gasteiger partial charge in [0.2, 0.25) is 17.7 Å². The predicted octanol–water partition coefficient (Wildman–Crippen LogP) is 3.58. The van der Waals surface area contributed by atoms with Crippen LogP contribution in [0.2, 0.25) is 0 Å². The molecule has 0 bridgehead atoms. The highest BCUT2D eigenvalue weighted by Crippen LogP contribution is 2.27. The fourth-order valence-corrected chi connectivity index (χ4v) is 4.75. The summed E-state index contributed by atoms with van der Waals surface area (Å²) in [4.78, 5) is 41.0. The largest absolute Gasteiger partial charge is 0.343 e. The number of nitrogens with zero attached hydrogens (tertiary/aromatic N) is 2. The van der Waals surface area contributed by atoms with E-state index in [0.717, 1.165) is 17.5 Å². The van der Waals surface area contributed by atoms with E-state index in [1.807, 2.05) is 42.5 Å². The summed E-state index contributed by atoms with van der Waals surface area (Å²) in [5.41, 5.74) is 3.02. The summed E-state index contributed by atoms with van der Waals surface area (Å²) < 4.78 is 14.4. The number of alkyl halides is 1. The molecule has 0 unspecified atom stereocenters. The first kappa shape index (κ1) is 23.9. The van der Waals surface area contributed by atoms with Crippen LogP contribution in [0, 0.1) is 0 Å². The molecule has 2 aliphatic heterocycles. The first-order chi connectivity index (χ1) is 16.3. The molecule has 2 saturated heterocycles. The van der Waals surface area contributed by atoms with Gasteiger partial charge in [-0.15, -0.1) is 0 Å². The quantitative estimate of drug-likeness (QED) is 0.680. The first-order valence-corrected chi connectivity index (χ1v) is 12.0. The van der Waals surface area contributed by atoms with Crippen LogP contribution in [0.1, 0.15) is 61.8 Å². The first-order valence-electron chi connectivity index (χ1n) is 12.0. The van der Waals surface area contributed by atoms with Crippen LogP contribution in [0.3, 0.4) is 0 Å². The molecule has 0 aromatic heterocycles. The summed E-state index contributed by atoms with van der Waals surface area (Å²) in [5, 5.41) is 3.07. The molecule has 1 N–H and O–H groups in total. The highest BCUT2D eigenvalue weighted by molar-refractivity contribution is 5.91. The number of halogens is 1. The van der Waals surface area contributed by atoms with Crippen molar-refractivity contribution in [2.24, 2.45) is 0 Å². The smallest absolute Gasteiger partial charge is 0.243 e. The van der Waals surface area contributed by atoms with Crippen LogP contribution in [0.25, 0.3) is 0 Å². The van der Waals surface area contributed by atoms with Gasteiger partial charge in [0.15, 0.2) is 0 Å². The Morgan fingerprint density at radius 1 is 1.03 bits per heavy atom. The fourth-order valence-electron chi connectivity index (χ4n) is 4.75. The molecule has 2 aromatic rings. The van der Waals surface area contributed by atoms with Crippen LogP contribution in [-0.4, -0.2) is 59.4 Å². The van der Waals surface area contributed by atoms with Gasteiger partial charge in [-0.05, 0) is 29.0 Å². The summed E-state index contributed by atoms with van der Waals surface area (Å²) >= 11 is 0. The predicted molar refractivity (Wildman–Crippen MR) is 128 cm³/mol. The second-order valence-electron chi connectivity index (χ2n) is 9.49. The molecule has 7 heteroatoms. The molecule has 6 nitrogen and oxygen atoms in total. The van der Waals surface area contributed by atoms with Gasteiger partial charge in [0, 0.05) is 19.4 Å². The SMILES string of the molecule is CC(C)c1ccc([C@@H](NC(=O)[C@@H]2C[C@@H](F)CN2C(=O)CN2CCCC2=O)c2ccccc2)cc1. The second kappa shape index (κ2) is 10.4. The number of benzene rings is 2. The van der Waals surface area contributed by atoms with Crippen molar-refractivity contribution >= 4 is 17.7 Å². The van der Waals surface area contributed by atoms with Crippen molar-refractivity contribution in [3.8, 4) is 0 Å². The van der Waals surface area contributed by atoms with E-state index in [4.69, 9.17) is 0 Å². The Hall–Kier alpha value is -3.22. The number of likely N-dealkylation sites (tertiary alicyclic amines) is 2. The van der Waals surface area contributed by atoms with E-state index in [1.54, 1.807) is 0 Å². The molecule has 34 heavy (non-hydrogen) atoms. The molecule has 0 aliphatic carbocycles. The van der Waals surface area contributed by atoms with Crippen molar-refractivity contribution in [3.05, 3.63) is 71.3 Å². The van der Waals surface area contributed by atoms with E-state index >= 15 is 0 Å². The summed E-state index contributed by atoms with van der Waals surface area (Å²) in [6.45, 7) is 4.55. The number of nitrogens with one attached hydrogen (secondary N) is 1. The van der Waals surface area contributed by atoms with Crippen molar-refractivity contribution in [1.82, 2.24) is 15.1 Å².